The highest BCUT2D eigenvalue weighted by Gasteiger charge is 2.22. The zero-order chi connectivity index (χ0) is 20.6. The fraction of sp³-hybridized carbons (Fsp3) is 0.333. The number of carbonyl (C=O) groups is 1. The van der Waals surface area contributed by atoms with E-state index >= 15 is 0 Å². The van der Waals surface area contributed by atoms with Gasteiger partial charge in [-0.2, -0.15) is 5.10 Å². The number of carbonyl (C=O) groups excluding carboxylic acids is 1. The Kier molecular flexibility index (Phi) is 7.46. The number of benzene rings is 2. The molecule has 0 aromatic heterocycles. The number of hydrogen-bond acceptors (Lipinski definition) is 5. The number of quaternary nitrogens is 1. The van der Waals surface area contributed by atoms with Crippen LogP contribution in [0.15, 0.2) is 47.6 Å². The standard InChI is InChI=1S/C21H25ClN4O3/c1-29-20-12-16(6-7-19(20)27)13-23-24-21(28)15-26-10-8-25(9-11-26)14-17-4-2-3-5-18(17)22/h2-7,12-13,27H,8-11,14-15H2,1H3,(H,24,28). The maximum absolute atomic E-state index is 12.1. The Bertz CT molecular complexity index is 867. The van der Waals surface area contributed by atoms with Gasteiger partial charge in [-0.15, -0.1) is 0 Å². The Labute approximate surface area is 175 Å². The molecule has 0 radical (unpaired) electrons. The Morgan fingerprint density at radius 3 is 2.79 bits per heavy atom. The molecule has 3 rings (SSSR count). The summed E-state index contributed by atoms with van der Waals surface area (Å²) in [4.78, 5) is 15.7. The van der Waals surface area contributed by atoms with Crippen LogP contribution in [-0.2, 0) is 11.3 Å². The molecule has 1 aliphatic heterocycles. The second-order valence-electron chi connectivity index (χ2n) is 7.00. The Hall–Kier alpha value is -2.61. The van der Waals surface area contributed by atoms with Crippen LogP contribution in [0.4, 0.5) is 0 Å². The van der Waals surface area contributed by atoms with E-state index in [0.717, 1.165) is 43.3 Å². The summed E-state index contributed by atoms with van der Waals surface area (Å²) in [7, 11) is 1.44. The molecule has 1 amide bonds. The summed E-state index contributed by atoms with van der Waals surface area (Å²) >= 11 is 6.24. The third-order valence-electron chi connectivity index (χ3n) is 4.92. The third-order valence-corrected chi connectivity index (χ3v) is 5.28. The number of amides is 1. The van der Waals surface area contributed by atoms with E-state index in [1.54, 1.807) is 12.1 Å². The fourth-order valence-electron chi connectivity index (χ4n) is 3.28. The zero-order valence-electron chi connectivity index (χ0n) is 16.4. The second-order valence-corrected chi connectivity index (χ2v) is 7.41. The molecule has 7 nitrogen and oxygen atoms in total. The molecule has 29 heavy (non-hydrogen) atoms. The number of nitrogens with one attached hydrogen (secondary N) is 2. The predicted octanol–water partition coefficient (Wildman–Crippen LogP) is 0.273. The molecule has 1 fully saturated rings. The van der Waals surface area contributed by atoms with Crippen LogP contribution in [0.2, 0.25) is 5.02 Å². The minimum absolute atomic E-state index is 0.136. The molecular weight excluding hydrogens is 392 g/mol. The summed E-state index contributed by atoms with van der Waals surface area (Å²) < 4.78 is 4.99. The van der Waals surface area contributed by atoms with E-state index in [4.69, 9.17) is 16.3 Å². The highest BCUT2D eigenvalue weighted by molar-refractivity contribution is 6.31. The largest absolute Gasteiger partial charge is 0.870 e. The minimum Gasteiger partial charge on any atom is -0.870 e. The molecule has 0 spiro atoms. The van der Waals surface area contributed by atoms with Gasteiger partial charge in [-0.1, -0.05) is 47.7 Å². The number of methoxy groups -OCH3 is 1. The van der Waals surface area contributed by atoms with Gasteiger partial charge >= 0.3 is 0 Å². The van der Waals surface area contributed by atoms with E-state index in [1.165, 1.54) is 24.3 Å². The minimum atomic E-state index is -0.189. The maximum Gasteiger partial charge on any atom is 0.295 e. The van der Waals surface area contributed by atoms with Crippen LogP contribution in [0.25, 0.3) is 0 Å². The lowest BCUT2D eigenvalue weighted by Crippen LogP contribution is -3.15. The Morgan fingerprint density at radius 1 is 1.31 bits per heavy atom. The van der Waals surface area contributed by atoms with Crippen molar-refractivity contribution in [3.8, 4) is 11.5 Å². The van der Waals surface area contributed by atoms with Crippen molar-refractivity contribution in [3.63, 3.8) is 0 Å². The van der Waals surface area contributed by atoms with E-state index in [0.29, 0.717) is 12.1 Å². The summed E-state index contributed by atoms with van der Waals surface area (Å²) in [5.74, 6) is -0.0754. The third kappa shape index (κ3) is 6.19. The SMILES string of the molecule is COc1cc(C=NNC(=O)C[NH+]2CCN(Cc3ccccc3Cl)CC2)ccc1[O-]. The normalized spacial score (nSPS) is 15.5. The van der Waals surface area contributed by atoms with E-state index in [2.05, 4.69) is 15.4 Å². The first kappa shape index (κ1) is 21.1. The van der Waals surface area contributed by atoms with Crippen LogP contribution >= 0.6 is 11.6 Å². The smallest absolute Gasteiger partial charge is 0.295 e. The van der Waals surface area contributed by atoms with Gasteiger partial charge in [0.15, 0.2) is 6.54 Å². The number of hydrazone groups is 1. The van der Waals surface area contributed by atoms with Crippen molar-refractivity contribution in [2.24, 2.45) is 5.10 Å². The van der Waals surface area contributed by atoms with Crippen LogP contribution < -0.4 is 20.2 Å². The molecule has 0 bridgehead atoms. The van der Waals surface area contributed by atoms with Crippen molar-refractivity contribution >= 4 is 23.7 Å². The van der Waals surface area contributed by atoms with E-state index in [-0.39, 0.29) is 17.4 Å². The molecule has 8 heteroatoms. The molecule has 1 heterocycles. The molecule has 0 aliphatic carbocycles. The van der Waals surface area contributed by atoms with Crippen LogP contribution in [0.5, 0.6) is 11.5 Å². The monoisotopic (exact) mass is 416 g/mol. The van der Waals surface area contributed by atoms with Gasteiger partial charge in [-0.05, 0) is 23.3 Å². The second kappa shape index (κ2) is 10.2. The molecule has 0 atom stereocenters. The number of hydrogen-bond donors (Lipinski definition) is 2. The first-order valence-electron chi connectivity index (χ1n) is 9.51. The molecular formula is C21H25ClN4O3. The summed E-state index contributed by atoms with van der Waals surface area (Å²) in [6, 6.07) is 12.5. The number of rotatable bonds is 7. The molecule has 2 aromatic rings. The van der Waals surface area contributed by atoms with Crippen molar-refractivity contribution in [2.45, 2.75) is 6.54 Å². The maximum atomic E-state index is 12.1. The molecule has 2 N–H and O–H groups in total. The topological polar surface area (TPSA) is 81.4 Å². The van der Waals surface area contributed by atoms with Crippen LogP contribution in [0.3, 0.4) is 0 Å². The first-order chi connectivity index (χ1) is 14.0. The fourth-order valence-corrected chi connectivity index (χ4v) is 3.48. The van der Waals surface area contributed by atoms with Crippen LogP contribution in [0.1, 0.15) is 11.1 Å². The number of ether oxygens (including phenoxy) is 1. The lowest BCUT2D eigenvalue weighted by molar-refractivity contribution is -0.896. The highest BCUT2D eigenvalue weighted by Crippen LogP contribution is 2.22. The molecule has 0 saturated carbocycles. The first-order valence-corrected chi connectivity index (χ1v) is 9.89. The summed E-state index contributed by atoms with van der Waals surface area (Å²) in [5, 5.41) is 16.3. The van der Waals surface area contributed by atoms with Gasteiger partial charge in [0.05, 0.1) is 26.4 Å². The van der Waals surface area contributed by atoms with Crippen LogP contribution in [0, 0.1) is 0 Å². The van der Waals surface area contributed by atoms with E-state index in [1.807, 2.05) is 24.3 Å². The van der Waals surface area contributed by atoms with Crippen molar-refractivity contribution in [1.29, 1.82) is 0 Å². The lowest BCUT2D eigenvalue weighted by Gasteiger charge is -2.31. The van der Waals surface area contributed by atoms with Gasteiger partial charge in [0.1, 0.15) is 5.75 Å². The number of piperazine rings is 1. The van der Waals surface area contributed by atoms with Gasteiger partial charge in [-0.25, -0.2) is 5.43 Å². The van der Waals surface area contributed by atoms with Crippen molar-refractivity contribution in [3.05, 3.63) is 58.6 Å². The zero-order valence-corrected chi connectivity index (χ0v) is 17.1. The number of halogens is 1. The summed E-state index contributed by atoms with van der Waals surface area (Å²) in [6.07, 6.45) is 1.50. The molecule has 154 valence electrons. The summed E-state index contributed by atoms with van der Waals surface area (Å²) in [6.45, 7) is 4.82. The quantitative estimate of drug-likeness (QED) is 0.501. The molecule has 1 saturated heterocycles. The molecule has 0 unspecified atom stereocenters. The Morgan fingerprint density at radius 2 is 2.07 bits per heavy atom. The predicted molar refractivity (Wildman–Crippen MR) is 110 cm³/mol. The van der Waals surface area contributed by atoms with Crippen LogP contribution in [-0.4, -0.2) is 56.9 Å². The number of nitrogens with zero attached hydrogens (tertiary/aromatic N) is 2. The Balaban J connectivity index is 1.41. The molecule has 1 aliphatic rings. The van der Waals surface area contributed by atoms with E-state index < -0.39 is 0 Å². The molecule has 2 aromatic carbocycles. The van der Waals surface area contributed by atoms with Gasteiger partial charge < -0.3 is 14.7 Å². The average molecular weight is 417 g/mol. The average Bonchev–Trinajstić information content (AvgIpc) is 2.72. The lowest BCUT2D eigenvalue weighted by atomic mass is 10.2. The summed E-state index contributed by atoms with van der Waals surface area (Å²) in [5.41, 5.74) is 4.36. The van der Waals surface area contributed by atoms with Gasteiger partial charge in [0.2, 0.25) is 0 Å². The van der Waals surface area contributed by atoms with Crippen molar-refractivity contribution in [1.82, 2.24) is 10.3 Å². The van der Waals surface area contributed by atoms with Gasteiger partial charge in [0, 0.05) is 24.7 Å². The van der Waals surface area contributed by atoms with Crippen molar-refractivity contribution < 1.29 is 19.5 Å². The van der Waals surface area contributed by atoms with E-state index in [9.17, 15) is 9.90 Å². The highest BCUT2D eigenvalue weighted by atomic mass is 35.5. The van der Waals surface area contributed by atoms with Gasteiger partial charge in [-0.3, -0.25) is 9.69 Å². The van der Waals surface area contributed by atoms with Gasteiger partial charge in [0.25, 0.3) is 5.91 Å². The van der Waals surface area contributed by atoms with Crippen molar-refractivity contribution in [2.75, 3.05) is 39.8 Å².